The third kappa shape index (κ3) is 4.35. The largest absolute Gasteiger partial charge is 0.350 e. The fourth-order valence-electron chi connectivity index (χ4n) is 2.75. The van der Waals surface area contributed by atoms with Gasteiger partial charge in [0.25, 0.3) is 11.8 Å². The summed E-state index contributed by atoms with van der Waals surface area (Å²) in [7, 11) is 0. The molecule has 2 aromatic rings. The summed E-state index contributed by atoms with van der Waals surface area (Å²) in [6.07, 6.45) is 0.800. The van der Waals surface area contributed by atoms with Crippen LogP contribution in [0.15, 0.2) is 18.2 Å². The van der Waals surface area contributed by atoms with Crippen molar-refractivity contribution in [2.24, 2.45) is 0 Å². The van der Waals surface area contributed by atoms with Crippen molar-refractivity contribution in [3.05, 3.63) is 45.7 Å². The first-order valence-electron chi connectivity index (χ1n) is 8.14. The zero-order chi connectivity index (χ0) is 18.0. The molecule has 7 nitrogen and oxygen atoms in total. The van der Waals surface area contributed by atoms with Crippen molar-refractivity contribution >= 4 is 41.5 Å². The van der Waals surface area contributed by atoms with Crippen molar-refractivity contribution < 1.29 is 9.59 Å². The maximum absolute atomic E-state index is 12.7. The van der Waals surface area contributed by atoms with Crippen molar-refractivity contribution in [1.82, 2.24) is 20.8 Å². The van der Waals surface area contributed by atoms with E-state index in [0.29, 0.717) is 28.5 Å². The number of rotatable bonds is 4. The van der Waals surface area contributed by atoms with Gasteiger partial charge in [0.15, 0.2) is 5.69 Å². The second kappa shape index (κ2) is 8.53. The number of aromatic amines is 1. The van der Waals surface area contributed by atoms with Gasteiger partial charge in [-0.25, -0.2) is 0 Å². The Morgan fingerprint density at radius 2 is 2.04 bits per heavy atom. The SMILES string of the molecule is CC(C)NC(=O)c1ccc(Cl)cc1NC(=O)c1n[nH]c2c1CNCC2.Cl. The molecule has 1 aliphatic heterocycles. The standard InChI is InChI=1S/C17H20ClN5O2.ClH/c1-9(2)20-16(24)11-4-3-10(18)7-14(11)21-17(25)15-12-8-19-6-5-13(12)22-23-15;/h3-4,7,9,19H,5-6,8H2,1-2H3,(H,20,24)(H,21,25)(H,22,23);1H. The van der Waals surface area contributed by atoms with Crippen molar-refractivity contribution in [3.63, 3.8) is 0 Å². The topological polar surface area (TPSA) is 98.9 Å². The van der Waals surface area contributed by atoms with Crippen LogP contribution in [0.5, 0.6) is 0 Å². The zero-order valence-corrected chi connectivity index (χ0v) is 16.1. The van der Waals surface area contributed by atoms with Crippen molar-refractivity contribution in [2.75, 3.05) is 11.9 Å². The smallest absolute Gasteiger partial charge is 0.276 e. The number of hydrogen-bond donors (Lipinski definition) is 4. The van der Waals surface area contributed by atoms with E-state index in [2.05, 4.69) is 26.1 Å². The van der Waals surface area contributed by atoms with Crippen LogP contribution >= 0.6 is 24.0 Å². The first kappa shape index (κ1) is 20.2. The van der Waals surface area contributed by atoms with E-state index in [1.807, 2.05) is 13.8 Å². The zero-order valence-electron chi connectivity index (χ0n) is 14.5. The molecule has 0 radical (unpaired) electrons. The summed E-state index contributed by atoms with van der Waals surface area (Å²) in [5, 5.41) is 16.3. The molecule has 4 N–H and O–H groups in total. The van der Waals surface area contributed by atoms with E-state index >= 15 is 0 Å². The Kier molecular flexibility index (Phi) is 6.63. The molecule has 0 aliphatic carbocycles. The van der Waals surface area contributed by atoms with Crippen LogP contribution in [0.2, 0.25) is 5.02 Å². The number of H-pyrrole nitrogens is 1. The minimum atomic E-state index is -0.373. The predicted octanol–water partition coefficient (Wildman–Crippen LogP) is 2.52. The maximum Gasteiger partial charge on any atom is 0.276 e. The van der Waals surface area contributed by atoms with Crippen molar-refractivity contribution in [2.45, 2.75) is 32.9 Å². The minimum Gasteiger partial charge on any atom is -0.350 e. The summed E-state index contributed by atoms with van der Waals surface area (Å²) in [5.41, 5.74) is 2.87. The predicted molar refractivity (Wildman–Crippen MR) is 103 cm³/mol. The number of carbonyl (C=O) groups is 2. The molecule has 1 aliphatic rings. The molecule has 0 unspecified atom stereocenters. The van der Waals surface area contributed by atoms with Crippen LogP contribution in [0.3, 0.4) is 0 Å². The molecule has 2 amide bonds. The molecule has 140 valence electrons. The number of hydrogen-bond acceptors (Lipinski definition) is 4. The number of anilines is 1. The molecule has 2 heterocycles. The van der Waals surface area contributed by atoms with Gasteiger partial charge >= 0.3 is 0 Å². The molecular weight excluding hydrogens is 377 g/mol. The second-order valence-corrected chi connectivity index (χ2v) is 6.66. The van der Waals surface area contributed by atoms with Crippen LogP contribution in [0, 0.1) is 0 Å². The average molecular weight is 398 g/mol. The molecule has 0 fully saturated rings. The Labute approximate surface area is 162 Å². The maximum atomic E-state index is 12.7. The fourth-order valence-corrected chi connectivity index (χ4v) is 2.92. The Hall–Kier alpha value is -2.09. The summed E-state index contributed by atoms with van der Waals surface area (Å²) in [6.45, 7) is 5.18. The van der Waals surface area contributed by atoms with Gasteiger partial charge in [-0.3, -0.25) is 14.7 Å². The van der Waals surface area contributed by atoms with E-state index in [-0.39, 0.29) is 30.3 Å². The normalized spacial score (nSPS) is 12.9. The lowest BCUT2D eigenvalue weighted by molar-refractivity contribution is 0.0944. The number of aromatic nitrogens is 2. The Bertz CT molecular complexity index is 819. The number of halogens is 2. The van der Waals surface area contributed by atoms with Crippen LogP contribution in [0.25, 0.3) is 0 Å². The van der Waals surface area contributed by atoms with Crippen molar-refractivity contribution in [1.29, 1.82) is 0 Å². The quantitative estimate of drug-likeness (QED) is 0.636. The van der Waals surface area contributed by atoms with Gasteiger partial charge in [-0.05, 0) is 32.0 Å². The van der Waals surface area contributed by atoms with Crippen molar-refractivity contribution in [3.8, 4) is 0 Å². The fraction of sp³-hybridized carbons (Fsp3) is 0.353. The molecule has 26 heavy (non-hydrogen) atoms. The van der Waals surface area contributed by atoms with Gasteiger partial charge in [0.1, 0.15) is 0 Å². The van der Waals surface area contributed by atoms with Gasteiger partial charge < -0.3 is 16.0 Å². The van der Waals surface area contributed by atoms with Crippen LogP contribution < -0.4 is 16.0 Å². The van der Waals surface area contributed by atoms with Gasteiger partial charge in [0.2, 0.25) is 0 Å². The first-order chi connectivity index (χ1) is 12.0. The summed E-state index contributed by atoms with van der Waals surface area (Å²) in [5.74, 6) is -0.644. The van der Waals surface area contributed by atoms with E-state index in [1.165, 1.54) is 0 Å². The van der Waals surface area contributed by atoms with Crippen LogP contribution in [0.4, 0.5) is 5.69 Å². The molecule has 0 bridgehead atoms. The van der Waals surface area contributed by atoms with E-state index < -0.39 is 0 Å². The highest BCUT2D eigenvalue weighted by Crippen LogP contribution is 2.23. The highest BCUT2D eigenvalue weighted by Gasteiger charge is 2.23. The minimum absolute atomic E-state index is 0. The highest BCUT2D eigenvalue weighted by atomic mass is 35.5. The molecule has 3 rings (SSSR count). The number of fused-ring (bicyclic) bond motifs is 1. The Morgan fingerprint density at radius 3 is 2.77 bits per heavy atom. The first-order valence-corrected chi connectivity index (χ1v) is 8.52. The van der Waals surface area contributed by atoms with Gasteiger partial charge in [-0.1, -0.05) is 11.6 Å². The van der Waals surface area contributed by atoms with Gasteiger partial charge in [0.05, 0.1) is 11.3 Å². The number of carbonyl (C=O) groups excluding carboxylic acids is 2. The average Bonchev–Trinajstić information content (AvgIpc) is 2.98. The number of amides is 2. The molecule has 1 aromatic heterocycles. The van der Waals surface area contributed by atoms with Crippen LogP contribution in [-0.2, 0) is 13.0 Å². The molecule has 9 heteroatoms. The molecule has 0 spiro atoms. The lowest BCUT2D eigenvalue weighted by Crippen LogP contribution is -2.31. The molecular formula is C17H21Cl2N5O2. The van der Waals surface area contributed by atoms with Crippen LogP contribution in [0.1, 0.15) is 46.0 Å². The summed E-state index contributed by atoms with van der Waals surface area (Å²) in [6, 6.07) is 4.76. The summed E-state index contributed by atoms with van der Waals surface area (Å²) >= 11 is 6.04. The molecule has 0 atom stereocenters. The van der Waals surface area contributed by atoms with E-state index in [4.69, 9.17) is 11.6 Å². The molecule has 0 saturated carbocycles. The third-order valence-electron chi connectivity index (χ3n) is 3.92. The van der Waals surface area contributed by atoms with E-state index in [0.717, 1.165) is 24.2 Å². The Morgan fingerprint density at radius 1 is 1.27 bits per heavy atom. The highest BCUT2D eigenvalue weighted by molar-refractivity contribution is 6.31. The van der Waals surface area contributed by atoms with Crippen LogP contribution in [-0.4, -0.2) is 34.6 Å². The lowest BCUT2D eigenvalue weighted by Gasteiger charge is -2.15. The van der Waals surface area contributed by atoms with Gasteiger partial charge in [0, 0.05) is 41.8 Å². The Balaban J connectivity index is 0.00000243. The summed E-state index contributed by atoms with van der Waals surface area (Å²) < 4.78 is 0. The lowest BCUT2D eigenvalue weighted by atomic mass is 10.1. The summed E-state index contributed by atoms with van der Waals surface area (Å²) in [4.78, 5) is 25.0. The van der Waals surface area contributed by atoms with E-state index in [9.17, 15) is 9.59 Å². The second-order valence-electron chi connectivity index (χ2n) is 6.23. The van der Waals surface area contributed by atoms with Gasteiger partial charge in [-0.2, -0.15) is 5.10 Å². The third-order valence-corrected chi connectivity index (χ3v) is 4.15. The van der Waals surface area contributed by atoms with Gasteiger partial charge in [-0.15, -0.1) is 12.4 Å². The molecule has 1 aromatic carbocycles. The molecule has 0 saturated heterocycles. The van der Waals surface area contributed by atoms with E-state index in [1.54, 1.807) is 18.2 Å². The number of nitrogens with one attached hydrogen (secondary N) is 4. The number of nitrogens with zero attached hydrogens (tertiary/aromatic N) is 1. The number of benzene rings is 1. The monoisotopic (exact) mass is 397 g/mol.